The van der Waals surface area contributed by atoms with Gasteiger partial charge in [0.05, 0.1) is 35.5 Å². The van der Waals surface area contributed by atoms with Gasteiger partial charge < -0.3 is 25.4 Å². The van der Waals surface area contributed by atoms with Gasteiger partial charge in [0.1, 0.15) is 29.8 Å². The van der Waals surface area contributed by atoms with Gasteiger partial charge in [-0.2, -0.15) is 5.10 Å². The molecule has 3 fully saturated rings. The molecule has 1 atom stereocenters. The number of nitrogen functional groups attached to an aromatic ring is 1. The van der Waals surface area contributed by atoms with Crippen LogP contribution in [0.5, 0.6) is 11.5 Å². The summed E-state index contributed by atoms with van der Waals surface area (Å²) in [6.07, 6.45) is 7.38. The molecule has 4 aromatic rings. The molecule has 4 N–H and O–H groups in total. The molecule has 1 saturated carbocycles. The number of carbonyl (C=O) groups is 2. The van der Waals surface area contributed by atoms with Gasteiger partial charge >= 0.3 is 0 Å². The average Bonchev–Trinajstić information content (AvgIpc) is 3.53. The SMILES string of the molecule is Cc1nn(-c2cc(-c3ccccc3O)nnc2N)cc1N1CCN(C2CCC(c3cccc4c3OCCN4[C@@H]3CCC(=O)NC3=O)CC2)CC1. The summed E-state index contributed by atoms with van der Waals surface area (Å²) < 4.78 is 8.04. The third kappa shape index (κ3) is 5.99. The summed E-state index contributed by atoms with van der Waals surface area (Å²) in [5.74, 6) is 1.33. The van der Waals surface area contributed by atoms with Crippen molar-refractivity contribution in [2.24, 2.45) is 0 Å². The third-order valence-electron chi connectivity index (χ3n) is 10.9. The number of para-hydroxylation sites is 2. The van der Waals surface area contributed by atoms with Crippen LogP contribution in [0.4, 0.5) is 17.2 Å². The molecule has 2 aromatic heterocycles. The maximum Gasteiger partial charge on any atom is 0.249 e. The molecule has 13 heteroatoms. The highest BCUT2D eigenvalue weighted by Crippen LogP contribution is 2.45. The lowest BCUT2D eigenvalue weighted by atomic mass is 9.80. The number of anilines is 3. The molecule has 13 nitrogen and oxygen atoms in total. The van der Waals surface area contributed by atoms with Crippen LogP contribution in [-0.2, 0) is 9.59 Å². The van der Waals surface area contributed by atoms with Gasteiger partial charge in [-0.15, -0.1) is 10.2 Å². The van der Waals surface area contributed by atoms with Gasteiger partial charge in [0.2, 0.25) is 11.8 Å². The Kier molecular flexibility index (Phi) is 8.51. The number of amides is 2. The Labute approximate surface area is 291 Å². The second-order valence-electron chi connectivity index (χ2n) is 13.8. The van der Waals surface area contributed by atoms with Gasteiger partial charge in [0.15, 0.2) is 5.82 Å². The summed E-state index contributed by atoms with van der Waals surface area (Å²) in [5, 5.41) is 26.0. The van der Waals surface area contributed by atoms with E-state index in [1.807, 2.05) is 25.3 Å². The number of hydrogen-bond donors (Lipinski definition) is 3. The molecule has 1 aliphatic carbocycles. The predicted molar refractivity (Wildman–Crippen MR) is 190 cm³/mol. The number of piperidine rings is 1. The molecule has 4 aliphatic rings. The molecule has 8 rings (SSSR count). The first-order valence-corrected chi connectivity index (χ1v) is 17.7. The Balaban J connectivity index is 0.899. The normalized spacial score (nSPS) is 22.9. The summed E-state index contributed by atoms with van der Waals surface area (Å²) in [6.45, 7) is 6.99. The monoisotopic (exact) mass is 677 g/mol. The first kappa shape index (κ1) is 32.1. The molecule has 5 heterocycles. The lowest BCUT2D eigenvalue weighted by Gasteiger charge is -2.43. The van der Waals surface area contributed by atoms with E-state index in [0.29, 0.717) is 54.9 Å². The fourth-order valence-corrected chi connectivity index (χ4v) is 8.28. The number of piperazine rings is 1. The second-order valence-corrected chi connectivity index (χ2v) is 13.8. The van der Waals surface area contributed by atoms with E-state index in [-0.39, 0.29) is 29.4 Å². The van der Waals surface area contributed by atoms with E-state index in [4.69, 9.17) is 15.6 Å². The zero-order valence-corrected chi connectivity index (χ0v) is 28.3. The maximum atomic E-state index is 12.7. The first-order valence-electron chi connectivity index (χ1n) is 17.7. The smallest absolute Gasteiger partial charge is 0.249 e. The topological polar surface area (TPSA) is 155 Å². The minimum Gasteiger partial charge on any atom is -0.507 e. The van der Waals surface area contributed by atoms with Crippen molar-refractivity contribution in [3.8, 4) is 28.4 Å². The van der Waals surface area contributed by atoms with Gasteiger partial charge in [-0.3, -0.25) is 19.8 Å². The van der Waals surface area contributed by atoms with Crippen LogP contribution < -0.4 is 25.6 Å². The van der Waals surface area contributed by atoms with Crippen molar-refractivity contribution in [3.05, 3.63) is 66.0 Å². The number of nitrogens with zero attached hydrogens (tertiary/aromatic N) is 7. The van der Waals surface area contributed by atoms with Crippen LogP contribution in [0.15, 0.2) is 54.7 Å². The Morgan fingerprint density at radius 1 is 0.900 bits per heavy atom. The zero-order chi connectivity index (χ0) is 34.4. The molecular formula is C37H43N9O4. The number of benzene rings is 2. The van der Waals surface area contributed by atoms with E-state index >= 15 is 0 Å². The van der Waals surface area contributed by atoms with E-state index in [2.05, 4.69) is 48.4 Å². The number of phenolic OH excluding ortho intramolecular Hbond substituents is 1. The number of ether oxygens (including phenoxy) is 1. The second kappa shape index (κ2) is 13.3. The molecule has 0 unspecified atom stereocenters. The number of rotatable bonds is 6. The molecule has 260 valence electrons. The number of aromatic nitrogens is 4. The molecule has 0 radical (unpaired) electrons. The van der Waals surface area contributed by atoms with Crippen LogP contribution in [0.25, 0.3) is 16.9 Å². The first-order chi connectivity index (χ1) is 24.3. The highest BCUT2D eigenvalue weighted by atomic mass is 16.5. The van der Waals surface area contributed by atoms with E-state index in [0.717, 1.165) is 74.7 Å². The number of hydrogen-bond acceptors (Lipinski definition) is 11. The van der Waals surface area contributed by atoms with Crippen molar-refractivity contribution in [1.82, 2.24) is 30.2 Å². The number of aryl methyl sites for hydroxylation is 1. The molecule has 0 spiro atoms. The molecular weight excluding hydrogens is 634 g/mol. The number of aromatic hydroxyl groups is 1. The van der Waals surface area contributed by atoms with Crippen molar-refractivity contribution in [1.29, 1.82) is 0 Å². The van der Waals surface area contributed by atoms with Crippen LogP contribution in [-0.4, -0.2) is 93.2 Å². The highest BCUT2D eigenvalue weighted by Gasteiger charge is 2.37. The van der Waals surface area contributed by atoms with E-state index in [1.54, 1.807) is 22.9 Å². The lowest BCUT2D eigenvalue weighted by Crippen LogP contribution is -2.54. The van der Waals surface area contributed by atoms with Gasteiger partial charge in [-0.25, -0.2) is 4.68 Å². The molecule has 2 aromatic carbocycles. The van der Waals surface area contributed by atoms with Crippen molar-refractivity contribution >= 4 is 29.0 Å². The fourth-order valence-electron chi connectivity index (χ4n) is 8.28. The maximum absolute atomic E-state index is 12.7. The Hall–Kier alpha value is -5.17. The number of nitrogens with two attached hydrogens (primary N) is 1. The standard InChI is InChI=1S/C37H43N9O4/c1-23-32(22-46(42-23)31-21-28(40-41-36(31)38)27-5-2-3-8-33(27)47)44-17-15-43(16-18-44)25-11-9-24(10-12-25)26-6-4-7-29-35(26)50-20-19-45(29)30-13-14-34(48)39-37(30)49/h2-8,21-22,24-25,30,47H,9-20H2,1H3,(H2,38,41)(H,39,48,49)/t24?,25?,30-/m1/s1. The van der Waals surface area contributed by atoms with Crippen LogP contribution in [0.3, 0.4) is 0 Å². The molecule has 3 aliphatic heterocycles. The molecule has 2 amide bonds. The fraction of sp³-hybridized carbons (Fsp3) is 0.432. The minimum atomic E-state index is -0.341. The number of phenols is 1. The largest absolute Gasteiger partial charge is 0.507 e. The number of nitrogens with one attached hydrogen (secondary N) is 1. The predicted octanol–water partition coefficient (Wildman–Crippen LogP) is 3.78. The van der Waals surface area contributed by atoms with Crippen molar-refractivity contribution in [2.45, 2.75) is 63.5 Å². The van der Waals surface area contributed by atoms with E-state index in [1.165, 1.54) is 5.56 Å². The van der Waals surface area contributed by atoms with E-state index in [9.17, 15) is 14.7 Å². The third-order valence-corrected chi connectivity index (χ3v) is 10.9. The van der Waals surface area contributed by atoms with Gasteiger partial charge in [0, 0.05) is 44.2 Å². The van der Waals surface area contributed by atoms with Crippen molar-refractivity contribution in [2.75, 3.05) is 54.9 Å². The summed E-state index contributed by atoms with van der Waals surface area (Å²) >= 11 is 0. The summed E-state index contributed by atoms with van der Waals surface area (Å²) in [4.78, 5) is 31.6. The van der Waals surface area contributed by atoms with Gasteiger partial charge in [-0.05, 0) is 74.8 Å². The van der Waals surface area contributed by atoms with E-state index < -0.39 is 0 Å². The van der Waals surface area contributed by atoms with Crippen LogP contribution in [0.1, 0.15) is 55.7 Å². The summed E-state index contributed by atoms with van der Waals surface area (Å²) in [5.41, 5.74) is 12.2. The Morgan fingerprint density at radius 3 is 2.48 bits per heavy atom. The van der Waals surface area contributed by atoms with Crippen LogP contribution >= 0.6 is 0 Å². The highest BCUT2D eigenvalue weighted by molar-refractivity contribution is 6.02. The molecule has 2 saturated heterocycles. The van der Waals surface area contributed by atoms with Crippen LogP contribution in [0.2, 0.25) is 0 Å². The Bertz CT molecular complexity index is 1910. The number of fused-ring (bicyclic) bond motifs is 1. The summed E-state index contributed by atoms with van der Waals surface area (Å²) in [7, 11) is 0. The quantitative estimate of drug-likeness (QED) is 0.256. The zero-order valence-electron chi connectivity index (χ0n) is 28.3. The number of imide groups is 1. The molecule has 0 bridgehead atoms. The lowest BCUT2D eigenvalue weighted by molar-refractivity contribution is -0.134. The molecule has 50 heavy (non-hydrogen) atoms. The van der Waals surface area contributed by atoms with Gasteiger partial charge in [0.25, 0.3) is 0 Å². The Morgan fingerprint density at radius 2 is 1.70 bits per heavy atom. The average molecular weight is 678 g/mol. The van der Waals surface area contributed by atoms with Crippen LogP contribution in [0, 0.1) is 6.92 Å². The summed E-state index contributed by atoms with van der Waals surface area (Å²) in [6, 6.07) is 15.4. The van der Waals surface area contributed by atoms with Crippen molar-refractivity contribution < 1.29 is 19.4 Å². The van der Waals surface area contributed by atoms with Crippen molar-refractivity contribution in [3.63, 3.8) is 0 Å². The number of carbonyl (C=O) groups excluding carboxylic acids is 2. The minimum absolute atomic E-state index is 0.132. The van der Waals surface area contributed by atoms with Gasteiger partial charge in [-0.1, -0.05) is 24.3 Å².